The summed E-state index contributed by atoms with van der Waals surface area (Å²) in [6, 6.07) is 0. The zero-order valence-electron chi connectivity index (χ0n) is 19.0. The van der Waals surface area contributed by atoms with Crippen LogP contribution in [0.3, 0.4) is 0 Å². The van der Waals surface area contributed by atoms with Crippen molar-refractivity contribution in [1.82, 2.24) is 0 Å². The molecule has 3 nitrogen and oxygen atoms in total. The van der Waals surface area contributed by atoms with Crippen LogP contribution in [0.1, 0.15) is 97.8 Å². The summed E-state index contributed by atoms with van der Waals surface area (Å²) < 4.78 is 12.7. The average molecular weight is 403 g/mol. The first-order valence-corrected chi connectivity index (χ1v) is 12.7. The molecule has 5 aliphatic rings. The highest BCUT2D eigenvalue weighted by Gasteiger charge is 2.67. The quantitative estimate of drug-likeness (QED) is 0.568. The Morgan fingerprint density at radius 3 is 2.52 bits per heavy atom. The Kier molecular flexibility index (Phi) is 5.18. The van der Waals surface area contributed by atoms with Crippen molar-refractivity contribution in [3.8, 4) is 0 Å². The second kappa shape index (κ2) is 7.33. The van der Waals surface area contributed by atoms with Gasteiger partial charge in [0.25, 0.3) is 0 Å². The molecule has 0 radical (unpaired) electrons. The number of carbonyl (C=O) groups excluding carboxylic acids is 1. The van der Waals surface area contributed by atoms with Crippen molar-refractivity contribution in [2.75, 3.05) is 13.2 Å². The lowest BCUT2D eigenvalue weighted by Gasteiger charge is -2.61. The minimum Gasteiger partial charge on any atom is -0.347 e. The number of ether oxygens (including phenoxy) is 2. The van der Waals surface area contributed by atoms with Gasteiger partial charge in [-0.1, -0.05) is 40.0 Å². The number of carbonyl (C=O) groups is 1. The van der Waals surface area contributed by atoms with E-state index in [1.54, 1.807) is 0 Å². The number of ketones is 1. The Labute approximate surface area is 177 Å². The van der Waals surface area contributed by atoms with Crippen molar-refractivity contribution in [3.05, 3.63) is 0 Å². The van der Waals surface area contributed by atoms with Gasteiger partial charge in [-0.3, -0.25) is 4.79 Å². The maximum atomic E-state index is 12.6. The van der Waals surface area contributed by atoms with E-state index >= 15 is 0 Å². The maximum Gasteiger partial charge on any atom is 0.174 e. The summed E-state index contributed by atoms with van der Waals surface area (Å²) in [5, 5.41) is 0. The van der Waals surface area contributed by atoms with Gasteiger partial charge in [-0.2, -0.15) is 0 Å². The molecule has 5 rings (SSSR count). The Hall–Kier alpha value is -0.410. The second-order valence-electron chi connectivity index (χ2n) is 11.7. The van der Waals surface area contributed by atoms with E-state index in [9.17, 15) is 4.79 Å². The molecule has 0 aromatic heterocycles. The van der Waals surface area contributed by atoms with E-state index in [0.717, 1.165) is 62.6 Å². The van der Waals surface area contributed by atoms with Crippen LogP contribution in [0.2, 0.25) is 0 Å². The van der Waals surface area contributed by atoms with Gasteiger partial charge in [-0.25, -0.2) is 0 Å². The molecule has 1 saturated heterocycles. The van der Waals surface area contributed by atoms with Crippen LogP contribution >= 0.6 is 0 Å². The van der Waals surface area contributed by atoms with E-state index in [2.05, 4.69) is 20.8 Å². The summed E-state index contributed by atoms with van der Waals surface area (Å²) >= 11 is 0. The van der Waals surface area contributed by atoms with Gasteiger partial charge >= 0.3 is 0 Å². The molecular formula is C26H42O3. The lowest BCUT2D eigenvalue weighted by molar-refractivity contribution is -0.248. The molecule has 164 valence electrons. The van der Waals surface area contributed by atoms with Crippen molar-refractivity contribution in [2.24, 2.45) is 40.4 Å². The molecule has 4 aliphatic carbocycles. The summed E-state index contributed by atoms with van der Waals surface area (Å²) in [5.74, 6) is 3.96. The van der Waals surface area contributed by atoms with Crippen molar-refractivity contribution < 1.29 is 14.3 Å². The van der Waals surface area contributed by atoms with Gasteiger partial charge in [-0.05, 0) is 73.5 Å². The molecule has 0 aromatic rings. The van der Waals surface area contributed by atoms with Crippen molar-refractivity contribution in [1.29, 1.82) is 0 Å². The van der Waals surface area contributed by atoms with Crippen molar-refractivity contribution >= 4 is 5.78 Å². The van der Waals surface area contributed by atoms with E-state index < -0.39 is 0 Å². The molecule has 3 heteroatoms. The van der Waals surface area contributed by atoms with Crippen molar-refractivity contribution in [3.63, 3.8) is 0 Å². The number of unbranched alkanes of at least 4 members (excludes halogenated alkanes) is 1. The Morgan fingerprint density at radius 1 is 1.00 bits per heavy atom. The molecule has 5 fully saturated rings. The minimum absolute atomic E-state index is 0.184. The van der Waals surface area contributed by atoms with Gasteiger partial charge in [0, 0.05) is 24.7 Å². The molecule has 0 bridgehead atoms. The first-order chi connectivity index (χ1) is 13.9. The number of Topliss-reactive ketones (excluding diaryl/α,β-unsaturated/α-hetero) is 1. The number of hydrogen-bond donors (Lipinski definition) is 0. The van der Waals surface area contributed by atoms with Crippen LogP contribution in [0.5, 0.6) is 0 Å². The van der Waals surface area contributed by atoms with Gasteiger partial charge in [0.2, 0.25) is 0 Å². The zero-order valence-corrected chi connectivity index (χ0v) is 19.0. The molecule has 29 heavy (non-hydrogen) atoms. The van der Waals surface area contributed by atoms with Crippen LogP contribution in [0.4, 0.5) is 0 Å². The van der Waals surface area contributed by atoms with Gasteiger partial charge in [0.1, 0.15) is 5.78 Å². The number of hydrogen-bond acceptors (Lipinski definition) is 3. The topological polar surface area (TPSA) is 35.5 Å². The molecule has 1 aliphatic heterocycles. The van der Waals surface area contributed by atoms with Crippen LogP contribution in [-0.4, -0.2) is 24.8 Å². The zero-order chi connectivity index (χ0) is 20.3. The smallest absolute Gasteiger partial charge is 0.174 e. The highest BCUT2D eigenvalue weighted by atomic mass is 16.7. The summed E-state index contributed by atoms with van der Waals surface area (Å²) in [5.41, 5.74) is 0.547. The normalized spacial score (nSPS) is 48.8. The average Bonchev–Trinajstić information content (AvgIpc) is 3.25. The van der Waals surface area contributed by atoms with Gasteiger partial charge in [-0.15, -0.1) is 0 Å². The molecular weight excluding hydrogens is 360 g/mol. The number of fused-ring (bicyclic) bond motifs is 6. The minimum atomic E-state index is -0.293. The molecule has 7 unspecified atom stereocenters. The molecule has 0 amide bonds. The van der Waals surface area contributed by atoms with Crippen LogP contribution in [0.15, 0.2) is 0 Å². The maximum absolute atomic E-state index is 12.6. The lowest BCUT2D eigenvalue weighted by Crippen LogP contribution is -2.57. The lowest BCUT2D eigenvalue weighted by atomic mass is 9.44. The predicted octanol–water partition coefficient (Wildman–Crippen LogP) is 6.15. The summed E-state index contributed by atoms with van der Waals surface area (Å²) in [6.45, 7) is 8.96. The van der Waals surface area contributed by atoms with Crippen LogP contribution < -0.4 is 0 Å². The van der Waals surface area contributed by atoms with Gasteiger partial charge in [0.05, 0.1) is 13.2 Å². The molecule has 4 saturated carbocycles. The van der Waals surface area contributed by atoms with Gasteiger partial charge in [0.15, 0.2) is 5.79 Å². The first-order valence-electron chi connectivity index (χ1n) is 12.7. The van der Waals surface area contributed by atoms with Crippen LogP contribution in [-0.2, 0) is 14.3 Å². The Bertz CT molecular complexity index is 638. The van der Waals surface area contributed by atoms with E-state index in [4.69, 9.17) is 9.47 Å². The molecule has 1 heterocycles. The highest BCUT2D eigenvalue weighted by Crippen LogP contribution is 2.70. The summed E-state index contributed by atoms with van der Waals surface area (Å²) in [4.78, 5) is 12.6. The second-order valence-corrected chi connectivity index (χ2v) is 11.7. The molecule has 0 N–H and O–H groups in total. The van der Waals surface area contributed by atoms with Crippen LogP contribution in [0, 0.1) is 40.4 Å². The predicted molar refractivity (Wildman–Crippen MR) is 114 cm³/mol. The molecule has 1 spiro atoms. The van der Waals surface area contributed by atoms with E-state index in [1.807, 2.05) is 0 Å². The van der Waals surface area contributed by atoms with Gasteiger partial charge < -0.3 is 9.47 Å². The monoisotopic (exact) mass is 402 g/mol. The van der Waals surface area contributed by atoms with E-state index in [-0.39, 0.29) is 11.2 Å². The van der Waals surface area contributed by atoms with Crippen LogP contribution in [0.25, 0.3) is 0 Å². The Morgan fingerprint density at radius 2 is 1.76 bits per heavy atom. The SMILES string of the molecule is CCCCC1CC2C(CCC3(C)C2CCC32OCCO2)C2(C)CCCC(=O)CC12. The third-order valence-corrected chi connectivity index (χ3v) is 10.6. The largest absolute Gasteiger partial charge is 0.347 e. The third kappa shape index (κ3) is 2.93. The third-order valence-electron chi connectivity index (χ3n) is 10.6. The van der Waals surface area contributed by atoms with E-state index in [1.165, 1.54) is 51.4 Å². The summed E-state index contributed by atoms with van der Waals surface area (Å²) in [7, 11) is 0. The fourth-order valence-corrected chi connectivity index (χ4v) is 9.22. The number of rotatable bonds is 3. The molecule has 7 atom stereocenters. The van der Waals surface area contributed by atoms with E-state index in [0.29, 0.717) is 17.1 Å². The standard InChI is InChI=1S/C26H42O3/c1-4-5-7-18-16-20-21(24(2)11-6-8-19(27)17-23(18)24)9-12-25(3)22(20)10-13-26(25)28-14-15-29-26/h18,20-23H,4-17H2,1-3H3. The fraction of sp³-hybridized carbons (Fsp3) is 0.962. The summed E-state index contributed by atoms with van der Waals surface area (Å²) in [6.07, 6.45) is 14.3. The Balaban J connectivity index is 1.49. The first kappa shape index (κ1) is 20.5. The molecule has 0 aromatic carbocycles. The fourth-order valence-electron chi connectivity index (χ4n) is 9.22. The van der Waals surface area contributed by atoms with Crippen molar-refractivity contribution in [2.45, 2.75) is 104 Å². The highest BCUT2D eigenvalue weighted by molar-refractivity contribution is 5.79.